The molecule has 1 heterocycles. The minimum atomic E-state index is 0.0836. The molecular formula is C20H17N. The molecular weight excluding hydrogens is 254 g/mol. The third kappa shape index (κ3) is 1.28. The lowest BCUT2D eigenvalue weighted by Crippen LogP contribution is -2.15. The zero-order valence-corrected chi connectivity index (χ0v) is 12.4. The van der Waals surface area contributed by atoms with Gasteiger partial charge < -0.3 is 4.98 Å². The van der Waals surface area contributed by atoms with Crippen molar-refractivity contribution in [3.05, 3.63) is 64.0 Å². The second-order valence-corrected chi connectivity index (χ2v) is 6.81. The van der Waals surface area contributed by atoms with Crippen LogP contribution in [0.15, 0.2) is 41.7 Å². The van der Waals surface area contributed by atoms with Gasteiger partial charge in [-0.15, -0.1) is 5.73 Å². The molecule has 3 aliphatic carbocycles. The summed E-state index contributed by atoms with van der Waals surface area (Å²) in [7, 11) is 0. The minimum Gasteiger partial charge on any atom is -0.358 e. The molecule has 0 saturated carbocycles. The van der Waals surface area contributed by atoms with Crippen LogP contribution in [-0.4, -0.2) is 4.98 Å². The first kappa shape index (κ1) is 11.4. The highest BCUT2D eigenvalue weighted by atomic mass is 14.7. The molecule has 0 unspecified atom stereocenters. The lowest BCUT2D eigenvalue weighted by Gasteiger charge is -2.22. The Labute approximate surface area is 124 Å². The van der Waals surface area contributed by atoms with E-state index >= 15 is 0 Å². The van der Waals surface area contributed by atoms with Gasteiger partial charge in [0.2, 0.25) is 0 Å². The van der Waals surface area contributed by atoms with Gasteiger partial charge in [-0.1, -0.05) is 26.0 Å². The lowest BCUT2D eigenvalue weighted by atomic mass is 9.81. The molecule has 1 heteroatoms. The second kappa shape index (κ2) is 3.50. The smallest absolute Gasteiger partial charge is 0.0465 e. The molecule has 1 aromatic heterocycles. The molecule has 0 atom stereocenters. The lowest BCUT2D eigenvalue weighted by molar-refractivity contribution is 0.655. The van der Waals surface area contributed by atoms with E-state index in [1.54, 1.807) is 0 Å². The number of allylic oxidation sites excluding steroid dienone is 4. The topological polar surface area (TPSA) is 15.8 Å². The Hall–Kier alpha value is -2.24. The van der Waals surface area contributed by atoms with Crippen LogP contribution in [0.25, 0.3) is 22.6 Å². The van der Waals surface area contributed by atoms with E-state index in [0.717, 1.165) is 12.8 Å². The van der Waals surface area contributed by atoms with Gasteiger partial charge in [0.05, 0.1) is 0 Å². The summed E-state index contributed by atoms with van der Waals surface area (Å²) in [5, 5.41) is 1.37. The highest BCUT2D eigenvalue weighted by molar-refractivity contribution is 5.99. The second-order valence-electron chi connectivity index (χ2n) is 6.81. The zero-order valence-electron chi connectivity index (χ0n) is 12.4. The summed E-state index contributed by atoms with van der Waals surface area (Å²) in [4.78, 5) is 3.64. The first-order valence-electron chi connectivity index (χ1n) is 7.69. The number of rotatable bonds is 0. The fourth-order valence-corrected chi connectivity index (χ4v) is 4.12. The molecule has 0 spiro atoms. The van der Waals surface area contributed by atoms with Crippen molar-refractivity contribution in [1.82, 2.24) is 4.98 Å². The van der Waals surface area contributed by atoms with Crippen molar-refractivity contribution in [3.8, 4) is 0 Å². The third-order valence-electron chi connectivity index (χ3n) is 5.29. The standard InChI is InChI=1S/C20H17N/c1-20(2)16-8-5-7-12(16)14-10-15-13-6-3-4-9-18(13)21-19(15)11-17(14)20/h3,6-8,10-11,21H,4,9H2,1-2H3. The number of benzene rings is 1. The van der Waals surface area contributed by atoms with Gasteiger partial charge in [-0.3, -0.25) is 0 Å². The monoisotopic (exact) mass is 271 g/mol. The molecule has 0 fully saturated rings. The van der Waals surface area contributed by atoms with Gasteiger partial charge in [0.25, 0.3) is 0 Å². The quantitative estimate of drug-likeness (QED) is 0.656. The van der Waals surface area contributed by atoms with Crippen molar-refractivity contribution in [2.24, 2.45) is 0 Å². The summed E-state index contributed by atoms with van der Waals surface area (Å²) in [5.41, 5.74) is 13.0. The van der Waals surface area contributed by atoms with Gasteiger partial charge in [0.1, 0.15) is 0 Å². The van der Waals surface area contributed by atoms with Gasteiger partial charge in [-0.2, -0.15) is 0 Å². The predicted octanol–water partition coefficient (Wildman–Crippen LogP) is 4.90. The largest absolute Gasteiger partial charge is 0.358 e. The Bertz CT molecular complexity index is 938. The summed E-state index contributed by atoms with van der Waals surface area (Å²) in [6.45, 7) is 4.64. The minimum absolute atomic E-state index is 0.0836. The molecule has 1 nitrogen and oxygen atoms in total. The number of aromatic nitrogens is 1. The van der Waals surface area contributed by atoms with Crippen LogP contribution in [0.4, 0.5) is 0 Å². The average Bonchev–Trinajstić information content (AvgIpc) is 3.14. The van der Waals surface area contributed by atoms with Crippen LogP contribution in [0.3, 0.4) is 0 Å². The summed E-state index contributed by atoms with van der Waals surface area (Å²) < 4.78 is 0. The molecule has 2 aromatic rings. The molecule has 21 heavy (non-hydrogen) atoms. The molecule has 3 aliphatic rings. The van der Waals surface area contributed by atoms with Crippen molar-refractivity contribution in [1.29, 1.82) is 0 Å². The van der Waals surface area contributed by atoms with Gasteiger partial charge in [-0.25, -0.2) is 0 Å². The predicted molar refractivity (Wildman–Crippen MR) is 88.3 cm³/mol. The van der Waals surface area contributed by atoms with Crippen LogP contribution in [0.2, 0.25) is 0 Å². The Morgan fingerprint density at radius 1 is 1.19 bits per heavy atom. The fourth-order valence-electron chi connectivity index (χ4n) is 4.12. The molecule has 0 bridgehead atoms. The van der Waals surface area contributed by atoms with Crippen molar-refractivity contribution >= 4 is 22.6 Å². The normalized spacial score (nSPS) is 20.3. The summed E-state index contributed by atoms with van der Waals surface area (Å²) in [6, 6.07) is 4.76. The van der Waals surface area contributed by atoms with E-state index in [4.69, 9.17) is 0 Å². The molecule has 5 rings (SSSR count). The van der Waals surface area contributed by atoms with E-state index in [1.807, 2.05) is 0 Å². The summed E-state index contributed by atoms with van der Waals surface area (Å²) in [5.74, 6) is 0. The maximum absolute atomic E-state index is 3.64. The first-order valence-corrected chi connectivity index (χ1v) is 7.69. The van der Waals surface area contributed by atoms with Gasteiger partial charge in [0.15, 0.2) is 0 Å². The molecule has 1 aromatic carbocycles. The molecule has 0 saturated heterocycles. The van der Waals surface area contributed by atoms with Crippen LogP contribution in [0.5, 0.6) is 0 Å². The highest BCUT2D eigenvalue weighted by Gasteiger charge is 2.37. The highest BCUT2D eigenvalue weighted by Crippen LogP contribution is 2.50. The number of H-pyrrole nitrogens is 1. The maximum Gasteiger partial charge on any atom is 0.0465 e. The van der Waals surface area contributed by atoms with Crippen LogP contribution in [0, 0.1) is 0 Å². The molecule has 102 valence electrons. The van der Waals surface area contributed by atoms with E-state index < -0.39 is 0 Å². The molecule has 0 radical (unpaired) electrons. The number of aryl methyl sites for hydroxylation is 1. The average molecular weight is 271 g/mol. The number of hydrogen-bond acceptors (Lipinski definition) is 0. The Kier molecular flexibility index (Phi) is 1.90. The van der Waals surface area contributed by atoms with Crippen molar-refractivity contribution in [2.45, 2.75) is 32.1 Å². The third-order valence-corrected chi connectivity index (χ3v) is 5.29. The first-order chi connectivity index (χ1) is 10.2. The van der Waals surface area contributed by atoms with Crippen molar-refractivity contribution in [3.63, 3.8) is 0 Å². The molecule has 0 amide bonds. The maximum atomic E-state index is 3.64. The van der Waals surface area contributed by atoms with Crippen molar-refractivity contribution in [2.75, 3.05) is 0 Å². The Morgan fingerprint density at radius 3 is 3.00 bits per heavy atom. The number of hydrogen-bond donors (Lipinski definition) is 1. The molecule has 1 N–H and O–H groups in total. The number of fused-ring (bicyclic) bond motifs is 5. The van der Waals surface area contributed by atoms with E-state index in [1.165, 1.54) is 44.4 Å². The SMILES string of the molecule is CC1(C)C2=C(C=C=C2)c2cc3c4c([nH]c3cc21)CCC=C4. The van der Waals surface area contributed by atoms with E-state index in [-0.39, 0.29) is 5.41 Å². The Morgan fingerprint density at radius 2 is 2.10 bits per heavy atom. The van der Waals surface area contributed by atoms with Crippen LogP contribution >= 0.6 is 0 Å². The number of aromatic amines is 1. The van der Waals surface area contributed by atoms with Gasteiger partial charge in [-0.05, 0) is 59.4 Å². The van der Waals surface area contributed by atoms with E-state index in [0.29, 0.717) is 0 Å². The molecule has 0 aliphatic heterocycles. The fraction of sp³-hybridized carbons (Fsp3) is 0.250. The van der Waals surface area contributed by atoms with Crippen LogP contribution in [-0.2, 0) is 11.8 Å². The van der Waals surface area contributed by atoms with E-state index in [9.17, 15) is 0 Å². The van der Waals surface area contributed by atoms with Gasteiger partial charge in [0, 0.05) is 27.6 Å². The Balaban J connectivity index is 1.87. The summed E-state index contributed by atoms with van der Waals surface area (Å²) >= 11 is 0. The van der Waals surface area contributed by atoms with Gasteiger partial charge >= 0.3 is 0 Å². The summed E-state index contributed by atoms with van der Waals surface area (Å²) in [6.07, 6.45) is 11.1. The zero-order chi connectivity index (χ0) is 14.2. The van der Waals surface area contributed by atoms with Crippen LogP contribution < -0.4 is 0 Å². The van der Waals surface area contributed by atoms with Crippen molar-refractivity contribution < 1.29 is 0 Å². The number of nitrogens with one attached hydrogen (secondary N) is 1. The van der Waals surface area contributed by atoms with Crippen LogP contribution in [0.1, 0.15) is 42.7 Å². The van der Waals surface area contributed by atoms with E-state index in [2.05, 4.69) is 61.0 Å².